The van der Waals surface area contributed by atoms with Gasteiger partial charge in [0.1, 0.15) is 0 Å². The first-order valence-corrected chi connectivity index (χ1v) is 13.4. The third-order valence-corrected chi connectivity index (χ3v) is 6.08. The van der Waals surface area contributed by atoms with Crippen LogP contribution in [0.3, 0.4) is 0 Å². The van der Waals surface area contributed by atoms with E-state index in [4.69, 9.17) is 5.11 Å². The molecule has 0 unspecified atom stereocenters. The molecular formula is C29H47NO3. The second-order valence-corrected chi connectivity index (χ2v) is 9.18. The largest absolute Gasteiger partial charge is 0.478 e. The van der Waals surface area contributed by atoms with E-state index >= 15 is 0 Å². The van der Waals surface area contributed by atoms with Crippen LogP contribution in [-0.2, 0) is 4.79 Å². The van der Waals surface area contributed by atoms with E-state index in [1.807, 2.05) is 0 Å². The summed E-state index contributed by atoms with van der Waals surface area (Å²) in [6, 6.07) is 6.27. The maximum absolute atomic E-state index is 12.0. The van der Waals surface area contributed by atoms with E-state index in [0.717, 1.165) is 12.8 Å². The van der Waals surface area contributed by atoms with Gasteiger partial charge in [-0.25, -0.2) is 4.79 Å². The number of hydrogen-bond acceptors (Lipinski definition) is 2. The molecule has 4 heteroatoms. The number of nitrogens with one attached hydrogen (secondary N) is 1. The first-order valence-electron chi connectivity index (χ1n) is 13.4. The Bertz CT molecular complexity index is 651. The molecule has 1 amide bonds. The number of rotatable bonds is 21. The maximum atomic E-state index is 12.0. The number of anilines is 1. The minimum Gasteiger partial charge on any atom is -0.478 e. The number of aromatic carboxylic acids is 1. The molecule has 0 atom stereocenters. The number of allylic oxidation sites excluding steroid dienone is 2. The van der Waals surface area contributed by atoms with Crippen molar-refractivity contribution in [3.05, 3.63) is 42.0 Å². The van der Waals surface area contributed by atoms with Gasteiger partial charge in [-0.15, -0.1) is 0 Å². The average molecular weight is 458 g/mol. The van der Waals surface area contributed by atoms with Crippen LogP contribution in [0.25, 0.3) is 0 Å². The van der Waals surface area contributed by atoms with E-state index in [1.54, 1.807) is 12.1 Å². The van der Waals surface area contributed by atoms with Crippen molar-refractivity contribution in [3.63, 3.8) is 0 Å². The molecule has 33 heavy (non-hydrogen) atoms. The van der Waals surface area contributed by atoms with E-state index in [-0.39, 0.29) is 11.5 Å². The van der Waals surface area contributed by atoms with Gasteiger partial charge in [-0.1, -0.05) is 96.1 Å². The Morgan fingerprint density at radius 2 is 1.15 bits per heavy atom. The minimum atomic E-state index is -0.960. The fraction of sp³-hybridized carbons (Fsp3) is 0.655. The molecule has 0 spiro atoms. The highest BCUT2D eigenvalue weighted by Gasteiger charge is 2.05. The number of carbonyl (C=O) groups excluding carboxylic acids is 1. The van der Waals surface area contributed by atoms with Crippen LogP contribution in [0, 0.1) is 0 Å². The summed E-state index contributed by atoms with van der Waals surface area (Å²) in [6.45, 7) is 2.27. The Balaban J connectivity index is 1.85. The van der Waals surface area contributed by atoms with Crippen molar-refractivity contribution in [2.24, 2.45) is 0 Å². The monoisotopic (exact) mass is 457 g/mol. The summed E-state index contributed by atoms with van der Waals surface area (Å²) in [5.41, 5.74) is 0.875. The number of hydrogen-bond donors (Lipinski definition) is 2. The van der Waals surface area contributed by atoms with Gasteiger partial charge in [0.2, 0.25) is 5.91 Å². The summed E-state index contributed by atoms with van der Waals surface area (Å²) in [6.07, 6.45) is 27.2. The van der Waals surface area contributed by atoms with E-state index < -0.39 is 5.97 Å². The van der Waals surface area contributed by atoms with Gasteiger partial charge in [0.05, 0.1) is 5.56 Å². The average Bonchev–Trinajstić information content (AvgIpc) is 2.81. The van der Waals surface area contributed by atoms with Gasteiger partial charge in [-0.05, 0) is 56.4 Å². The summed E-state index contributed by atoms with van der Waals surface area (Å²) < 4.78 is 0. The van der Waals surface area contributed by atoms with Crippen molar-refractivity contribution in [2.75, 3.05) is 5.32 Å². The van der Waals surface area contributed by atoms with Crippen molar-refractivity contribution >= 4 is 17.6 Å². The summed E-state index contributed by atoms with van der Waals surface area (Å²) in [5.74, 6) is -0.963. The molecular weight excluding hydrogens is 410 g/mol. The number of amides is 1. The molecule has 0 aromatic heterocycles. The highest BCUT2D eigenvalue weighted by atomic mass is 16.4. The Hall–Kier alpha value is -2.10. The van der Waals surface area contributed by atoms with Gasteiger partial charge >= 0.3 is 5.97 Å². The molecule has 1 aromatic rings. The molecule has 2 N–H and O–H groups in total. The SMILES string of the molecule is CCCCCCCCCC/C=C\CCCCCCCCCC(=O)Nc1ccc(C(=O)O)cc1. The Labute approximate surface area is 202 Å². The minimum absolute atomic E-state index is 0.00293. The summed E-state index contributed by atoms with van der Waals surface area (Å²) in [5, 5.41) is 11.7. The topological polar surface area (TPSA) is 66.4 Å². The fourth-order valence-corrected chi connectivity index (χ4v) is 3.98. The molecule has 0 saturated heterocycles. The third kappa shape index (κ3) is 17.1. The Morgan fingerprint density at radius 1 is 0.697 bits per heavy atom. The van der Waals surface area contributed by atoms with Crippen LogP contribution in [0.15, 0.2) is 36.4 Å². The predicted molar refractivity (Wildman–Crippen MR) is 140 cm³/mol. The number of carboxylic acids is 1. The highest BCUT2D eigenvalue weighted by Crippen LogP contribution is 2.13. The predicted octanol–water partition coefficient (Wildman–Crippen LogP) is 8.92. The molecule has 0 aliphatic carbocycles. The van der Waals surface area contributed by atoms with Crippen molar-refractivity contribution in [1.29, 1.82) is 0 Å². The number of unbranched alkanes of at least 4 members (excludes halogenated alkanes) is 15. The highest BCUT2D eigenvalue weighted by molar-refractivity contribution is 5.92. The maximum Gasteiger partial charge on any atom is 0.335 e. The second kappa shape index (κ2) is 20.5. The molecule has 0 fully saturated rings. The fourth-order valence-electron chi connectivity index (χ4n) is 3.98. The lowest BCUT2D eigenvalue weighted by atomic mass is 10.1. The van der Waals surface area contributed by atoms with Gasteiger partial charge < -0.3 is 10.4 Å². The van der Waals surface area contributed by atoms with E-state index in [9.17, 15) is 9.59 Å². The molecule has 0 bridgehead atoms. The quantitative estimate of drug-likeness (QED) is 0.143. The van der Waals surface area contributed by atoms with Gasteiger partial charge in [-0.3, -0.25) is 4.79 Å². The van der Waals surface area contributed by atoms with E-state index in [2.05, 4.69) is 24.4 Å². The summed E-state index contributed by atoms with van der Waals surface area (Å²) in [4.78, 5) is 22.8. The lowest BCUT2D eigenvalue weighted by molar-refractivity contribution is -0.116. The van der Waals surface area contributed by atoms with E-state index in [0.29, 0.717) is 12.1 Å². The molecule has 0 saturated carbocycles. The lowest BCUT2D eigenvalue weighted by Crippen LogP contribution is -2.11. The zero-order valence-electron chi connectivity index (χ0n) is 21.0. The van der Waals surface area contributed by atoms with Crippen LogP contribution in [0.2, 0.25) is 0 Å². The van der Waals surface area contributed by atoms with Gasteiger partial charge in [0.25, 0.3) is 0 Å². The zero-order valence-corrected chi connectivity index (χ0v) is 21.0. The molecule has 0 radical (unpaired) electrons. The van der Waals surface area contributed by atoms with Crippen LogP contribution >= 0.6 is 0 Å². The van der Waals surface area contributed by atoms with Crippen LogP contribution in [0.1, 0.15) is 133 Å². The third-order valence-electron chi connectivity index (χ3n) is 6.08. The number of carboxylic acid groups (broad SMARTS) is 1. The molecule has 0 heterocycles. The normalized spacial score (nSPS) is 11.2. The Morgan fingerprint density at radius 3 is 1.64 bits per heavy atom. The number of carbonyl (C=O) groups is 2. The Kier molecular flexibility index (Phi) is 18.0. The number of benzene rings is 1. The zero-order chi connectivity index (χ0) is 24.0. The molecule has 4 nitrogen and oxygen atoms in total. The molecule has 0 aliphatic rings. The molecule has 1 aromatic carbocycles. The van der Waals surface area contributed by atoms with Crippen molar-refractivity contribution in [1.82, 2.24) is 0 Å². The lowest BCUT2D eigenvalue weighted by Gasteiger charge is -2.06. The van der Waals surface area contributed by atoms with Crippen LogP contribution in [0.4, 0.5) is 5.69 Å². The first kappa shape index (κ1) is 28.9. The van der Waals surface area contributed by atoms with Crippen LogP contribution < -0.4 is 5.32 Å². The van der Waals surface area contributed by atoms with Crippen molar-refractivity contribution < 1.29 is 14.7 Å². The first-order chi connectivity index (χ1) is 16.1. The summed E-state index contributed by atoms with van der Waals surface area (Å²) in [7, 11) is 0. The molecule has 186 valence electrons. The van der Waals surface area contributed by atoms with Crippen molar-refractivity contribution in [3.8, 4) is 0 Å². The van der Waals surface area contributed by atoms with Gasteiger partial charge in [0.15, 0.2) is 0 Å². The molecule has 0 aliphatic heterocycles. The van der Waals surface area contributed by atoms with Gasteiger partial charge in [-0.2, -0.15) is 0 Å². The van der Waals surface area contributed by atoms with Crippen LogP contribution in [0.5, 0.6) is 0 Å². The van der Waals surface area contributed by atoms with Crippen molar-refractivity contribution in [2.45, 2.75) is 122 Å². The second-order valence-electron chi connectivity index (χ2n) is 9.18. The van der Waals surface area contributed by atoms with Crippen LogP contribution in [-0.4, -0.2) is 17.0 Å². The van der Waals surface area contributed by atoms with Gasteiger partial charge in [0, 0.05) is 12.1 Å². The smallest absolute Gasteiger partial charge is 0.335 e. The summed E-state index contributed by atoms with van der Waals surface area (Å²) >= 11 is 0. The standard InChI is InChI=1S/C29H47NO3/c1-2-3-4-5-6-7-8-9-10-11-12-13-14-15-16-17-18-19-20-21-28(31)30-27-24-22-26(23-25-27)29(32)33/h11-12,22-25H,2-10,13-21H2,1H3,(H,30,31)(H,32,33)/b12-11-. The molecule has 1 rings (SSSR count). The van der Waals surface area contributed by atoms with E-state index in [1.165, 1.54) is 108 Å².